The van der Waals surface area contributed by atoms with Gasteiger partial charge in [-0.05, 0) is 50.8 Å². The van der Waals surface area contributed by atoms with Gasteiger partial charge in [0.2, 0.25) is 0 Å². The molecule has 0 N–H and O–H groups in total. The Bertz CT molecular complexity index is 567. The van der Waals surface area contributed by atoms with Crippen LogP contribution in [-0.4, -0.2) is 11.5 Å². The molecule has 1 nitrogen and oxygen atoms in total. The van der Waals surface area contributed by atoms with Crippen molar-refractivity contribution in [1.82, 2.24) is 0 Å². The molecule has 1 aromatic rings. The molecule has 2 heteroatoms. The van der Waals surface area contributed by atoms with Gasteiger partial charge in [0.1, 0.15) is 0 Å². The minimum absolute atomic E-state index is 0.178. The first-order valence-corrected chi connectivity index (χ1v) is 8.98. The van der Waals surface area contributed by atoms with Gasteiger partial charge in [-0.25, -0.2) is 0 Å². The van der Waals surface area contributed by atoms with Crippen LogP contribution in [0.5, 0.6) is 0 Å². The molecule has 0 radical (unpaired) electrons. The predicted molar refractivity (Wildman–Crippen MR) is 99.0 cm³/mol. The van der Waals surface area contributed by atoms with E-state index >= 15 is 0 Å². The van der Waals surface area contributed by atoms with E-state index in [1.54, 1.807) is 17.8 Å². The molecule has 120 valence electrons. The van der Waals surface area contributed by atoms with Gasteiger partial charge in [-0.1, -0.05) is 38.1 Å². The zero-order chi connectivity index (χ0) is 16.8. The molecule has 0 aliphatic carbocycles. The Morgan fingerprint density at radius 3 is 2.45 bits per heavy atom. The SMILES string of the molecule is C=CC(C)(C)C(=O)c1c(SC/C=C\C)ccc(CC)c1CC. The molecule has 0 fully saturated rings. The average molecular weight is 317 g/mol. The molecule has 0 heterocycles. The average Bonchev–Trinajstić information content (AvgIpc) is 2.53. The van der Waals surface area contributed by atoms with Crippen LogP contribution in [0.1, 0.15) is 56.1 Å². The maximum atomic E-state index is 13.1. The second-order valence-electron chi connectivity index (χ2n) is 5.92. The maximum absolute atomic E-state index is 13.1. The number of ketones is 1. The Kier molecular flexibility index (Phi) is 7.15. The second-order valence-corrected chi connectivity index (χ2v) is 6.98. The molecule has 0 amide bonds. The Morgan fingerprint density at radius 2 is 1.95 bits per heavy atom. The van der Waals surface area contributed by atoms with Crippen molar-refractivity contribution in [3.05, 3.63) is 53.6 Å². The van der Waals surface area contributed by atoms with Gasteiger partial charge in [-0.15, -0.1) is 18.3 Å². The fraction of sp³-hybridized carbons (Fsp3) is 0.450. The molecule has 0 saturated carbocycles. The molecule has 22 heavy (non-hydrogen) atoms. The topological polar surface area (TPSA) is 17.1 Å². The molecule has 1 rings (SSSR count). The van der Waals surface area contributed by atoms with E-state index in [1.165, 1.54) is 11.1 Å². The van der Waals surface area contributed by atoms with Gasteiger partial charge in [0.05, 0.1) is 0 Å². The number of Topliss-reactive ketones (excluding diaryl/α,β-unsaturated/α-hetero) is 1. The van der Waals surface area contributed by atoms with Gasteiger partial charge in [-0.2, -0.15) is 0 Å². The molecule has 0 saturated heterocycles. The van der Waals surface area contributed by atoms with E-state index in [-0.39, 0.29) is 5.78 Å². The number of thioether (sulfide) groups is 1. The summed E-state index contributed by atoms with van der Waals surface area (Å²) in [5, 5.41) is 0. The number of benzene rings is 1. The van der Waals surface area contributed by atoms with E-state index in [0.717, 1.165) is 29.1 Å². The third-order valence-corrected chi connectivity index (χ3v) is 5.01. The minimum Gasteiger partial charge on any atom is -0.293 e. The predicted octanol–water partition coefficient (Wildman–Crippen LogP) is 5.87. The van der Waals surface area contributed by atoms with Crippen LogP contribution < -0.4 is 0 Å². The number of allylic oxidation sites excluding steroid dienone is 2. The van der Waals surface area contributed by atoms with Crippen LogP contribution in [0.4, 0.5) is 0 Å². The number of hydrogen-bond donors (Lipinski definition) is 0. The van der Waals surface area contributed by atoms with Gasteiger partial charge in [0, 0.05) is 21.6 Å². The summed E-state index contributed by atoms with van der Waals surface area (Å²) in [6.07, 6.45) is 7.77. The van der Waals surface area contributed by atoms with Crippen LogP contribution in [0.25, 0.3) is 0 Å². The standard InChI is InChI=1S/C20H28OS/c1-7-11-14-22-17-13-12-15(8-2)16(9-3)18(17)19(21)20(5,6)10-4/h7,10-13H,4,8-9,14H2,1-3,5-6H3/b11-7-. The lowest BCUT2D eigenvalue weighted by molar-refractivity contribution is 0.0881. The van der Waals surface area contributed by atoms with Crippen molar-refractivity contribution < 1.29 is 4.79 Å². The molecule has 0 unspecified atom stereocenters. The van der Waals surface area contributed by atoms with Crippen LogP contribution >= 0.6 is 11.8 Å². The molecule has 0 atom stereocenters. The summed E-state index contributed by atoms with van der Waals surface area (Å²) in [6, 6.07) is 4.28. The van der Waals surface area contributed by atoms with E-state index in [4.69, 9.17) is 0 Å². The Morgan fingerprint density at radius 1 is 1.27 bits per heavy atom. The Balaban J connectivity index is 3.45. The van der Waals surface area contributed by atoms with Crippen LogP contribution in [0, 0.1) is 5.41 Å². The molecular weight excluding hydrogens is 288 g/mol. The molecule has 0 aliphatic heterocycles. The van der Waals surface area contributed by atoms with E-state index in [0.29, 0.717) is 0 Å². The number of rotatable bonds is 8. The van der Waals surface area contributed by atoms with E-state index < -0.39 is 5.41 Å². The summed E-state index contributed by atoms with van der Waals surface area (Å²) in [7, 11) is 0. The van der Waals surface area contributed by atoms with E-state index in [1.807, 2.05) is 26.8 Å². The lowest BCUT2D eigenvalue weighted by Crippen LogP contribution is -2.24. The number of hydrogen-bond acceptors (Lipinski definition) is 2. The van der Waals surface area contributed by atoms with Crippen LogP contribution in [-0.2, 0) is 12.8 Å². The fourth-order valence-corrected chi connectivity index (χ4v) is 3.42. The highest BCUT2D eigenvalue weighted by atomic mass is 32.2. The first-order valence-electron chi connectivity index (χ1n) is 7.99. The maximum Gasteiger partial charge on any atom is 0.173 e. The summed E-state index contributed by atoms with van der Waals surface area (Å²) in [6.45, 7) is 14.0. The Labute approximate surface area is 139 Å². The van der Waals surface area contributed by atoms with Crippen molar-refractivity contribution in [2.45, 2.75) is 52.4 Å². The zero-order valence-corrected chi connectivity index (χ0v) is 15.3. The largest absolute Gasteiger partial charge is 0.293 e. The van der Waals surface area contributed by atoms with Crippen molar-refractivity contribution >= 4 is 17.5 Å². The number of aryl methyl sites for hydroxylation is 1. The lowest BCUT2D eigenvalue weighted by atomic mass is 9.81. The normalized spacial score (nSPS) is 11.9. The molecule has 0 aliphatic rings. The van der Waals surface area contributed by atoms with E-state index in [2.05, 4.69) is 38.6 Å². The third kappa shape index (κ3) is 4.13. The van der Waals surface area contributed by atoms with Crippen molar-refractivity contribution in [2.75, 3.05) is 5.75 Å². The lowest BCUT2D eigenvalue weighted by Gasteiger charge is -2.23. The number of carbonyl (C=O) groups excluding carboxylic acids is 1. The molecule has 0 aromatic heterocycles. The second kappa shape index (κ2) is 8.38. The summed E-state index contributed by atoms with van der Waals surface area (Å²) in [4.78, 5) is 14.2. The summed E-state index contributed by atoms with van der Waals surface area (Å²) < 4.78 is 0. The third-order valence-electron chi connectivity index (χ3n) is 4.00. The van der Waals surface area contributed by atoms with Gasteiger partial charge in [0.15, 0.2) is 5.78 Å². The zero-order valence-electron chi connectivity index (χ0n) is 14.5. The highest BCUT2D eigenvalue weighted by Crippen LogP contribution is 2.34. The van der Waals surface area contributed by atoms with Crippen molar-refractivity contribution in [3.8, 4) is 0 Å². The first-order chi connectivity index (χ1) is 10.4. The number of carbonyl (C=O) groups is 1. The smallest absolute Gasteiger partial charge is 0.173 e. The fourth-order valence-electron chi connectivity index (χ4n) is 2.42. The van der Waals surface area contributed by atoms with Crippen LogP contribution in [0.15, 0.2) is 41.8 Å². The van der Waals surface area contributed by atoms with E-state index in [9.17, 15) is 4.79 Å². The van der Waals surface area contributed by atoms with Crippen molar-refractivity contribution in [3.63, 3.8) is 0 Å². The molecular formula is C20H28OS. The van der Waals surface area contributed by atoms with Crippen molar-refractivity contribution in [1.29, 1.82) is 0 Å². The van der Waals surface area contributed by atoms with Gasteiger partial charge >= 0.3 is 0 Å². The molecule has 0 bridgehead atoms. The van der Waals surface area contributed by atoms with Gasteiger partial charge in [0.25, 0.3) is 0 Å². The highest BCUT2D eigenvalue weighted by Gasteiger charge is 2.29. The molecule has 1 aromatic carbocycles. The first kappa shape index (κ1) is 18.8. The van der Waals surface area contributed by atoms with Gasteiger partial charge in [-0.3, -0.25) is 4.79 Å². The summed E-state index contributed by atoms with van der Waals surface area (Å²) >= 11 is 1.73. The Hall–Kier alpha value is -1.28. The minimum atomic E-state index is -0.536. The highest BCUT2D eigenvalue weighted by molar-refractivity contribution is 7.99. The molecule has 0 spiro atoms. The van der Waals surface area contributed by atoms with Gasteiger partial charge < -0.3 is 0 Å². The van der Waals surface area contributed by atoms with Crippen molar-refractivity contribution in [2.24, 2.45) is 5.41 Å². The quantitative estimate of drug-likeness (QED) is 0.339. The summed E-state index contributed by atoms with van der Waals surface area (Å²) in [5.41, 5.74) is 2.85. The van der Waals surface area contributed by atoms with Crippen LogP contribution in [0.3, 0.4) is 0 Å². The summed E-state index contributed by atoms with van der Waals surface area (Å²) in [5.74, 6) is 1.07. The monoisotopic (exact) mass is 316 g/mol. The van der Waals surface area contributed by atoms with Crippen LogP contribution in [0.2, 0.25) is 0 Å².